The standard InChI is InChI=1S/C23H18BrFN2OS/c24-17-10-8-16(9-11-17)13-27-14-22(20-6-1-2-7-21(20)27)29-15-23(28)26-19-5-3-4-18(25)12-19/h1-12,14H,13,15H2,(H,26,28). The van der Waals surface area contributed by atoms with Crippen LogP contribution in [0.5, 0.6) is 0 Å². The van der Waals surface area contributed by atoms with Crippen LogP contribution in [-0.2, 0) is 11.3 Å². The van der Waals surface area contributed by atoms with E-state index in [1.807, 2.05) is 24.3 Å². The van der Waals surface area contributed by atoms with Gasteiger partial charge in [-0.1, -0.05) is 52.3 Å². The van der Waals surface area contributed by atoms with Gasteiger partial charge >= 0.3 is 0 Å². The number of hydrogen-bond acceptors (Lipinski definition) is 2. The summed E-state index contributed by atoms with van der Waals surface area (Å²) in [4.78, 5) is 13.3. The number of fused-ring (bicyclic) bond motifs is 1. The van der Waals surface area contributed by atoms with Crippen molar-refractivity contribution in [2.24, 2.45) is 0 Å². The molecule has 0 aliphatic heterocycles. The number of anilines is 1. The fraction of sp³-hybridized carbons (Fsp3) is 0.0870. The number of carbonyl (C=O) groups excluding carboxylic acids is 1. The second kappa shape index (κ2) is 8.84. The van der Waals surface area contributed by atoms with Crippen molar-refractivity contribution in [3.05, 3.63) is 94.8 Å². The van der Waals surface area contributed by atoms with Crippen molar-refractivity contribution in [2.75, 3.05) is 11.1 Å². The van der Waals surface area contributed by atoms with Crippen LogP contribution >= 0.6 is 27.7 Å². The Morgan fingerprint density at radius 2 is 1.83 bits per heavy atom. The van der Waals surface area contributed by atoms with Gasteiger partial charge in [0, 0.05) is 38.7 Å². The van der Waals surface area contributed by atoms with Crippen LogP contribution in [0.25, 0.3) is 10.9 Å². The maximum atomic E-state index is 13.3. The predicted octanol–water partition coefficient (Wildman–Crippen LogP) is 6.32. The number of rotatable bonds is 6. The van der Waals surface area contributed by atoms with Crippen LogP contribution < -0.4 is 5.32 Å². The third-order valence-electron chi connectivity index (χ3n) is 4.49. The summed E-state index contributed by atoms with van der Waals surface area (Å²) in [5, 5.41) is 3.86. The fourth-order valence-electron chi connectivity index (χ4n) is 3.15. The Bertz CT molecular complexity index is 1160. The minimum Gasteiger partial charge on any atom is -0.342 e. The molecule has 0 radical (unpaired) electrons. The van der Waals surface area contributed by atoms with Gasteiger partial charge in [0.25, 0.3) is 0 Å². The predicted molar refractivity (Wildman–Crippen MR) is 121 cm³/mol. The number of carbonyl (C=O) groups is 1. The highest BCUT2D eigenvalue weighted by atomic mass is 79.9. The first kappa shape index (κ1) is 19.7. The van der Waals surface area contributed by atoms with Gasteiger partial charge in [-0.15, -0.1) is 11.8 Å². The molecule has 3 aromatic carbocycles. The minimum atomic E-state index is -0.369. The van der Waals surface area contributed by atoms with E-state index in [-0.39, 0.29) is 17.5 Å². The Morgan fingerprint density at radius 3 is 2.62 bits per heavy atom. The molecule has 29 heavy (non-hydrogen) atoms. The Kier molecular flexibility index (Phi) is 6.02. The van der Waals surface area contributed by atoms with Crippen molar-refractivity contribution in [3.63, 3.8) is 0 Å². The Hall–Kier alpha value is -2.57. The molecule has 3 nitrogen and oxygen atoms in total. The summed E-state index contributed by atoms with van der Waals surface area (Å²) in [5.41, 5.74) is 2.80. The van der Waals surface area contributed by atoms with E-state index in [4.69, 9.17) is 0 Å². The lowest BCUT2D eigenvalue weighted by Gasteiger charge is -2.05. The maximum Gasteiger partial charge on any atom is 0.234 e. The summed E-state index contributed by atoms with van der Waals surface area (Å²) in [7, 11) is 0. The molecule has 0 saturated carbocycles. The molecule has 1 aromatic heterocycles. The number of thioether (sulfide) groups is 1. The van der Waals surface area contributed by atoms with Crippen LogP contribution in [-0.4, -0.2) is 16.2 Å². The number of para-hydroxylation sites is 1. The van der Waals surface area contributed by atoms with Gasteiger partial charge in [0.05, 0.1) is 5.75 Å². The molecule has 0 spiro atoms. The van der Waals surface area contributed by atoms with Crippen molar-refractivity contribution >= 4 is 50.2 Å². The maximum absolute atomic E-state index is 13.3. The van der Waals surface area contributed by atoms with E-state index in [0.717, 1.165) is 26.8 Å². The quantitative estimate of drug-likeness (QED) is 0.335. The fourth-order valence-corrected chi connectivity index (χ4v) is 4.31. The molecular formula is C23H18BrFN2OS. The zero-order chi connectivity index (χ0) is 20.2. The van der Waals surface area contributed by atoms with Crippen LogP contribution in [0, 0.1) is 5.82 Å². The molecule has 1 N–H and O–H groups in total. The summed E-state index contributed by atoms with van der Waals surface area (Å²) in [6, 6.07) is 22.4. The van der Waals surface area contributed by atoms with Gasteiger partial charge < -0.3 is 9.88 Å². The summed E-state index contributed by atoms with van der Waals surface area (Å²) >= 11 is 4.95. The van der Waals surface area contributed by atoms with Crippen molar-refractivity contribution in [3.8, 4) is 0 Å². The lowest BCUT2D eigenvalue weighted by Crippen LogP contribution is -2.13. The molecule has 146 valence electrons. The SMILES string of the molecule is O=C(CSc1cn(Cc2ccc(Br)cc2)c2ccccc12)Nc1cccc(F)c1. The highest BCUT2D eigenvalue weighted by molar-refractivity contribution is 9.10. The second-order valence-electron chi connectivity index (χ2n) is 6.61. The molecule has 4 rings (SSSR count). The van der Waals surface area contributed by atoms with Crippen molar-refractivity contribution in [2.45, 2.75) is 11.4 Å². The third-order valence-corrected chi connectivity index (χ3v) is 6.06. The lowest BCUT2D eigenvalue weighted by molar-refractivity contribution is -0.113. The van der Waals surface area contributed by atoms with Crippen LogP contribution in [0.4, 0.5) is 10.1 Å². The second-order valence-corrected chi connectivity index (χ2v) is 8.54. The molecule has 0 bridgehead atoms. The molecule has 0 aliphatic carbocycles. The first-order valence-corrected chi connectivity index (χ1v) is 10.9. The lowest BCUT2D eigenvalue weighted by atomic mass is 10.2. The zero-order valence-corrected chi connectivity index (χ0v) is 17.8. The molecule has 6 heteroatoms. The Balaban J connectivity index is 1.50. The number of aromatic nitrogens is 1. The Morgan fingerprint density at radius 1 is 1.03 bits per heavy atom. The summed E-state index contributed by atoms with van der Waals surface area (Å²) < 4.78 is 16.5. The molecule has 0 saturated heterocycles. The summed E-state index contributed by atoms with van der Waals surface area (Å²) in [5.74, 6) is -0.278. The number of amides is 1. The molecule has 1 heterocycles. The van der Waals surface area contributed by atoms with Gasteiger partial charge in [0.1, 0.15) is 5.82 Å². The smallest absolute Gasteiger partial charge is 0.234 e. The van der Waals surface area contributed by atoms with Crippen molar-refractivity contribution in [1.82, 2.24) is 4.57 Å². The van der Waals surface area contributed by atoms with Crippen LogP contribution in [0.3, 0.4) is 0 Å². The van der Waals surface area contributed by atoms with Crippen LogP contribution in [0.2, 0.25) is 0 Å². The highest BCUT2D eigenvalue weighted by Crippen LogP contribution is 2.30. The molecule has 0 unspecified atom stereocenters. The normalized spacial score (nSPS) is 11.0. The van der Waals surface area contributed by atoms with Gasteiger partial charge in [-0.05, 0) is 42.0 Å². The molecular weight excluding hydrogens is 451 g/mol. The average molecular weight is 469 g/mol. The van der Waals surface area contributed by atoms with Crippen molar-refractivity contribution < 1.29 is 9.18 Å². The van der Waals surface area contributed by atoms with E-state index in [0.29, 0.717) is 5.69 Å². The molecule has 1 amide bonds. The molecule has 4 aromatic rings. The van der Waals surface area contributed by atoms with Crippen LogP contribution in [0.1, 0.15) is 5.56 Å². The number of nitrogens with zero attached hydrogens (tertiary/aromatic N) is 1. The van der Waals surface area contributed by atoms with Crippen molar-refractivity contribution in [1.29, 1.82) is 0 Å². The average Bonchev–Trinajstić information content (AvgIpc) is 3.06. The largest absolute Gasteiger partial charge is 0.342 e. The monoisotopic (exact) mass is 468 g/mol. The topological polar surface area (TPSA) is 34.0 Å². The zero-order valence-electron chi connectivity index (χ0n) is 15.4. The number of halogens is 2. The van der Waals surface area contributed by atoms with E-state index in [1.54, 1.807) is 12.1 Å². The van der Waals surface area contributed by atoms with E-state index < -0.39 is 0 Å². The van der Waals surface area contributed by atoms with E-state index in [1.165, 1.54) is 29.5 Å². The van der Waals surface area contributed by atoms with Gasteiger partial charge in [-0.25, -0.2) is 4.39 Å². The first-order chi connectivity index (χ1) is 14.1. The Labute approximate surface area is 181 Å². The van der Waals surface area contributed by atoms with Gasteiger partial charge in [0.15, 0.2) is 0 Å². The molecule has 0 aliphatic rings. The van der Waals surface area contributed by atoms with Gasteiger partial charge in [0.2, 0.25) is 5.91 Å². The van der Waals surface area contributed by atoms with Gasteiger partial charge in [-0.2, -0.15) is 0 Å². The summed E-state index contributed by atoms with van der Waals surface area (Å²) in [6.45, 7) is 0.754. The number of benzene rings is 3. The number of hydrogen-bond donors (Lipinski definition) is 1. The first-order valence-electron chi connectivity index (χ1n) is 9.09. The molecule has 0 atom stereocenters. The van der Waals surface area contributed by atoms with E-state index in [9.17, 15) is 9.18 Å². The summed E-state index contributed by atoms with van der Waals surface area (Å²) in [6.07, 6.45) is 2.09. The number of nitrogens with one attached hydrogen (secondary N) is 1. The van der Waals surface area contributed by atoms with Gasteiger partial charge in [-0.3, -0.25) is 4.79 Å². The van der Waals surface area contributed by atoms with E-state index >= 15 is 0 Å². The van der Waals surface area contributed by atoms with E-state index in [2.05, 4.69) is 56.3 Å². The van der Waals surface area contributed by atoms with Crippen LogP contribution in [0.15, 0.2) is 88.4 Å². The third kappa shape index (κ3) is 4.89. The minimum absolute atomic E-state index is 0.162. The highest BCUT2D eigenvalue weighted by Gasteiger charge is 2.11. The molecule has 0 fully saturated rings.